The SMILES string of the molecule is O=C1NC(=Nc2ccccc2C(F)(F)F)N2Cc3ccccc3C[C@@H]12. The average Bonchev–Trinajstić information content (AvgIpc) is 2.88. The van der Waals surface area contributed by atoms with Crippen LogP contribution in [0.25, 0.3) is 0 Å². The average molecular weight is 345 g/mol. The Labute approximate surface area is 142 Å². The van der Waals surface area contributed by atoms with Crippen LogP contribution >= 0.6 is 0 Å². The van der Waals surface area contributed by atoms with Gasteiger partial charge < -0.3 is 4.90 Å². The second-order valence-corrected chi connectivity index (χ2v) is 6.06. The second-order valence-electron chi connectivity index (χ2n) is 6.06. The van der Waals surface area contributed by atoms with Crippen LogP contribution in [0.4, 0.5) is 18.9 Å². The topological polar surface area (TPSA) is 44.7 Å². The number of rotatable bonds is 1. The minimum Gasteiger partial charge on any atom is -0.326 e. The largest absolute Gasteiger partial charge is 0.418 e. The summed E-state index contributed by atoms with van der Waals surface area (Å²) in [6.45, 7) is 0.437. The van der Waals surface area contributed by atoms with E-state index in [1.54, 1.807) is 4.90 Å². The van der Waals surface area contributed by atoms with E-state index in [9.17, 15) is 18.0 Å². The Bertz CT molecular complexity index is 876. The number of nitrogens with one attached hydrogen (secondary N) is 1. The molecule has 7 heteroatoms. The van der Waals surface area contributed by atoms with Crippen LogP contribution in [0.5, 0.6) is 0 Å². The zero-order chi connectivity index (χ0) is 17.6. The van der Waals surface area contributed by atoms with Gasteiger partial charge in [-0.15, -0.1) is 0 Å². The molecule has 4 rings (SSSR count). The minimum atomic E-state index is -4.50. The summed E-state index contributed by atoms with van der Waals surface area (Å²) in [4.78, 5) is 18.1. The van der Waals surface area contributed by atoms with E-state index in [2.05, 4.69) is 10.3 Å². The fraction of sp³-hybridized carbons (Fsp3) is 0.222. The Kier molecular flexibility index (Phi) is 3.52. The third-order valence-corrected chi connectivity index (χ3v) is 4.49. The highest BCUT2D eigenvalue weighted by molar-refractivity contribution is 6.07. The summed E-state index contributed by atoms with van der Waals surface area (Å²) < 4.78 is 39.5. The van der Waals surface area contributed by atoms with E-state index >= 15 is 0 Å². The summed E-state index contributed by atoms with van der Waals surface area (Å²) in [7, 11) is 0. The molecule has 0 saturated carbocycles. The fourth-order valence-corrected chi connectivity index (χ4v) is 3.26. The van der Waals surface area contributed by atoms with Gasteiger partial charge in [-0.2, -0.15) is 13.2 Å². The Morgan fingerprint density at radius 1 is 1.04 bits per heavy atom. The number of halogens is 3. The zero-order valence-electron chi connectivity index (χ0n) is 13.0. The molecule has 25 heavy (non-hydrogen) atoms. The van der Waals surface area contributed by atoms with Gasteiger partial charge in [-0.1, -0.05) is 36.4 Å². The number of benzene rings is 2. The molecule has 2 aliphatic rings. The summed E-state index contributed by atoms with van der Waals surface area (Å²) in [6, 6.07) is 12.4. The van der Waals surface area contributed by atoms with Crippen LogP contribution in [-0.2, 0) is 23.9 Å². The summed E-state index contributed by atoms with van der Waals surface area (Å²) >= 11 is 0. The van der Waals surface area contributed by atoms with Gasteiger partial charge in [0.1, 0.15) is 6.04 Å². The van der Waals surface area contributed by atoms with Crippen molar-refractivity contribution in [2.24, 2.45) is 4.99 Å². The van der Waals surface area contributed by atoms with Gasteiger partial charge in [0.15, 0.2) is 0 Å². The van der Waals surface area contributed by atoms with Gasteiger partial charge in [-0.25, -0.2) is 4.99 Å². The highest BCUT2D eigenvalue weighted by Gasteiger charge is 2.40. The molecule has 0 spiro atoms. The molecule has 1 fully saturated rings. The molecule has 1 N–H and O–H groups in total. The summed E-state index contributed by atoms with van der Waals surface area (Å²) in [5.74, 6) is -0.0704. The first kappa shape index (κ1) is 15.7. The van der Waals surface area contributed by atoms with Crippen molar-refractivity contribution in [3.05, 3.63) is 65.2 Å². The lowest BCUT2D eigenvalue weighted by Crippen LogP contribution is -2.40. The maximum atomic E-state index is 13.2. The second kappa shape index (κ2) is 5.61. The van der Waals surface area contributed by atoms with Gasteiger partial charge >= 0.3 is 6.18 Å². The molecule has 0 aromatic heterocycles. The zero-order valence-corrected chi connectivity index (χ0v) is 13.0. The Morgan fingerprint density at radius 3 is 2.48 bits per heavy atom. The number of guanidine groups is 1. The Hall–Kier alpha value is -2.83. The normalized spacial score (nSPS) is 21.1. The first-order chi connectivity index (χ1) is 11.9. The van der Waals surface area contributed by atoms with Gasteiger partial charge in [-0.05, 0) is 23.3 Å². The smallest absolute Gasteiger partial charge is 0.326 e. The van der Waals surface area contributed by atoms with Crippen molar-refractivity contribution in [1.82, 2.24) is 10.2 Å². The number of aliphatic imine (C=N–C) groups is 1. The molecule has 1 saturated heterocycles. The number of alkyl halides is 3. The van der Waals surface area contributed by atoms with E-state index in [0.717, 1.165) is 17.2 Å². The fourth-order valence-electron chi connectivity index (χ4n) is 3.26. The van der Waals surface area contributed by atoms with Crippen molar-refractivity contribution in [1.29, 1.82) is 0 Å². The highest BCUT2D eigenvalue weighted by atomic mass is 19.4. The van der Waals surface area contributed by atoms with Gasteiger partial charge in [0.25, 0.3) is 0 Å². The molecule has 128 valence electrons. The van der Waals surface area contributed by atoms with Crippen LogP contribution < -0.4 is 5.32 Å². The number of hydrogen-bond donors (Lipinski definition) is 1. The van der Waals surface area contributed by atoms with E-state index in [4.69, 9.17) is 0 Å². The lowest BCUT2D eigenvalue weighted by atomic mass is 9.95. The molecule has 1 atom stereocenters. The number of para-hydroxylation sites is 1. The van der Waals surface area contributed by atoms with Crippen LogP contribution in [0.1, 0.15) is 16.7 Å². The Morgan fingerprint density at radius 2 is 1.72 bits per heavy atom. The molecule has 0 unspecified atom stereocenters. The maximum Gasteiger partial charge on any atom is 0.418 e. The standard InChI is InChI=1S/C18H14F3N3O/c19-18(20,21)13-7-3-4-8-14(13)22-17-23-16(25)15-9-11-5-1-2-6-12(11)10-24(15)17/h1-8,15H,9-10H2,(H,22,23,25)/t15-/m0/s1. The predicted molar refractivity (Wildman–Crippen MR) is 86.2 cm³/mol. The number of carbonyl (C=O) groups is 1. The quantitative estimate of drug-likeness (QED) is 0.862. The van der Waals surface area contributed by atoms with Gasteiger partial charge in [0.05, 0.1) is 11.3 Å². The van der Waals surface area contributed by atoms with Crippen molar-refractivity contribution >= 4 is 17.6 Å². The van der Waals surface area contributed by atoms with E-state index in [0.29, 0.717) is 13.0 Å². The van der Waals surface area contributed by atoms with E-state index in [1.807, 2.05) is 24.3 Å². The molecule has 1 amide bonds. The van der Waals surface area contributed by atoms with Crippen molar-refractivity contribution in [2.75, 3.05) is 0 Å². The lowest BCUT2D eigenvalue weighted by molar-refractivity contribution is -0.137. The molecule has 0 aliphatic carbocycles. The third-order valence-electron chi connectivity index (χ3n) is 4.49. The van der Waals surface area contributed by atoms with Gasteiger partial charge in [0, 0.05) is 13.0 Å². The van der Waals surface area contributed by atoms with Crippen LogP contribution in [0.2, 0.25) is 0 Å². The van der Waals surface area contributed by atoms with E-state index < -0.39 is 17.8 Å². The minimum absolute atomic E-state index is 0.168. The van der Waals surface area contributed by atoms with Crippen molar-refractivity contribution < 1.29 is 18.0 Å². The number of amides is 1. The predicted octanol–water partition coefficient (Wildman–Crippen LogP) is 3.25. The highest BCUT2D eigenvalue weighted by Crippen LogP contribution is 2.36. The lowest BCUT2D eigenvalue weighted by Gasteiger charge is -2.30. The first-order valence-electron chi connectivity index (χ1n) is 7.83. The van der Waals surface area contributed by atoms with Crippen LogP contribution in [0.15, 0.2) is 53.5 Å². The molecule has 4 nitrogen and oxygen atoms in total. The summed E-state index contributed by atoms with van der Waals surface area (Å²) in [5, 5.41) is 2.63. The molecular formula is C18H14F3N3O. The molecule has 0 radical (unpaired) electrons. The molecule has 2 aromatic carbocycles. The Balaban J connectivity index is 1.73. The number of hydrogen-bond acceptors (Lipinski definition) is 2. The van der Waals surface area contributed by atoms with Crippen LogP contribution in [-0.4, -0.2) is 22.8 Å². The molecule has 2 aromatic rings. The molecular weight excluding hydrogens is 331 g/mol. The van der Waals surface area contributed by atoms with Crippen LogP contribution in [0.3, 0.4) is 0 Å². The van der Waals surface area contributed by atoms with Crippen molar-refractivity contribution in [2.45, 2.75) is 25.2 Å². The van der Waals surface area contributed by atoms with Crippen molar-refractivity contribution in [3.8, 4) is 0 Å². The van der Waals surface area contributed by atoms with Crippen LogP contribution in [0, 0.1) is 0 Å². The number of fused-ring (bicyclic) bond motifs is 2. The number of nitrogens with zero attached hydrogens (tertiary/aromatic N) is 2. The summed E-state index contributed by atoms with van der Waals surface area (Å²) in [5.41, 5.74) is 1.10. The molecule has 2 aliphatic heterocycles. The van der Waals surface area contributed by atoms with E-state index in [1.165, 1.54) is 18.2 Å². The molecule has 2 heterocycles. The first-order valence-corrected chi connectivity index (χ1v) is 7.83. The van der Waals surface area contributed by atoms with Crippen molar-refractivity contribution in [3.63, 3.8) is 0 Å². The van der Waals surface area contributed by atoms with E-state index in [-0.39, 0.29) is 17.6 Å². The summed E-state index contributed by atoms with van der Waals surface area (Å²) in [6.07, 6.45) is -3.99. The number of carbonyl (C=O) groups excluding carboxylic acids is 1. The monoisotopic (exact) mass is 345 g/mol. The van der Waals surface area contributed by atoms with Gasteiger partial charge in [0.2, 0.25) is 11.9 Å². The third kappa shape index (κ3) is 2.75. The van der Waals surface area contributed by atoms with Gasteiger partial charge in [-0.3, -0.25) is 10.1 Å². The maximum absolute atomic E-state index is 13.2. The molecule has 0 bridgehead atoms.